The van der Waals surface area contributed by atoms with Crippen molar-refractivity contribution >= 4 is 21.8 Å². The van der Waals surface area contributed by atoms with Crippen molar-refractivity contribution < 1.29 is 9.90 Å². The normalized spacial score (nSPS) is 23.7. The molecule has 4 heteroatoms. The third-order valence-corrected chi connectivity index (χ3v) is 4.67. The molecule has 0 aliphatic heterocycles. The molecule has 1 amide bonds. The van der Waals surface area contributed by atoms with Gasteiger partial charge in [-0.3, -0.25) is 4.79 Å². The van der Waals surface area contributed by atoms with Gasteiger partial charge in [-0.15, -0.1) is 0 Å². The van der Waals surface area contributed by atoms with Gasteiger partial charge in [-0.25, -0.2) is 0 Å². The van der Waals surface area contributed by atoms with Gasteiger partial charge in [0.1, 0.15) is 5.75 Å². The lowest BCUT2D eigenvalue weighted by Crippen LogP contribution is -2.44. The standard InChI is InChI=1S/C14H18BrNO2/c1-16(12-8-4-3-7-11(12)15)14(18)10-6-2-5-9-13(10)17/h2,5-6,9,11-12,17H,3-4,7-8H2,1H3. The number of hydrogen-bond donors (Lipinski definition) is 1. The summed E-state index contributed by atoms with van der Waals surface area (Å²) >= 11 is 3.66. The molecule has 2 unspecified atom stereocenters. The SMILES string of the molecule is CN(C(=O)c1ccccc1O)C1CCCCC1Br. The van der Waals surface area contributed by atoms with E-state index in [1.54, 1.807) is 29.2 Å². The molecular formula is C14H18BrNO2. The lowest BCUT2D eigenvalue weighted by atomic mass is 9.94. The van der Waals surface area contributed by atoms with Gasteiger partial charge in [-0.2, -0.15) is 0 Å². The van der Waals surface area contributed by atoms with Crippen LogP contribution in [0.15, 0.2) is 24.3 Å². The van der Waals surface area contributed by atoms with Gasteiger partial charge in [0.2, 0.25) is 0 Å². The number of benzene rings is 1. The fraction of sp³-hybridized carbons (Fsp3) is 0.500. The van der Waals surface area contributed by atoms with Gasteiger partial charge in [0.05, 0.1) is 5.56 Å². The van der Waals surface area contributed by atoms with E-state index in [2.05, 4.69) is 15.9 Å². The minimum absolute atomic E-state index is 0.0521. The zero-order valence-corrected chi connectivity index (χ0v) is 12.1. The number of aromatic hydroxyl groups is 1. The first-order valence-corrected chi connectivity index (χ1v) is 7.22. The molecule has 1 aromatic carbocycles. The van der Waals surface area contributed by atoms with Crippen molar-refractivity contribution in [3.63, 3.8) is 0 Å². The highest BCUT2D eigenvalue weighted by atomic mass is 79.9. The Balaban J connectivity index is 2.16. The van der Waals surface area contributed by atoms with Crippen LogP contribution in [-0.4, -0.2) is 33.8 Å². The van der Waals surface area contributed by atoms with Crippen molar-refractivity contribution in [3.05, 3.63) is 29.8 Å². The molecule has 0 heterocycles. The van der Waals surface area contributed by atoms with Crippen molar-refractivity contribution in [1.82, 2.24) is 4.90 Å². The summed E-state index contributed by atoms with van der Waals surface area (Å²) in [6.45, 7) is 0. The Morgan fingerprint density at radius 3 is 2.67 bits per heavy atom. The minimum Gasteiger partial charge on any atom is -0.507 e. The number of nitrogens with zero attached hydrogens (tertiary/aromatic N) is 1. The third-order valence-electron chi connectivity index (χ3n) is 3.60. The Hall–Kier alpha value is -1.03. The summed E-state index contributed by atoms with van der Waals surface area (Å²) in [5.41, 5.74) is 0.380. The number of carbonyl (C=O) groups is 1. The van der Waals surface area contributed by atoms with Crippen LogP contribution < -0.4 is 0 Å². The molecule has 0 spiro atoms. The van der Waals surface area contributed by atoms with Gasteiger partial charge in [0, 0.05) is 17.9 Å². The molecule has 0 aromatic heterocycles. The van der Waals surface area contributed by atoms with Crippen LogP contribution >= 0.6 is 15.9 Å². The van der Waals surface area contributed by atoms with Gasteiger partial charge in [-0.05, 0) is 25.0 Å². The average molecular weight is 312 g/mol. The number of carbonyl (C=O) groups excluding carboxylic acids is 1. The molecule has 1 aromatic rings. The second-order valence-electron chi connectivity index (χ2n) is 4.80. The molecule has 0 bridgehead atoms. The highest BCUT2D eigenvalue weighted by Crippen LogP contribution is 2.29. The van der Waals surface area contributed by atoms with E-state index in [-0.39, 0.29) is 17.7 Å². The number of alkyl halides is 1. The molecule has 1 aliphatic carbocycles. The first-order valence-electron chi connectivity index (χ1n) is 6.30. The van der Waals surface area contributed by atoms with Gasteiger partial charge < -0.3 is 10.0 Å². The quantitative estimate of drug-likeness (QED) is 0.852. The number of amides is 1. The first kappa shape index (κ1) is 13.4. The highest BCUT2D eigenvalue weighted by molar-refractivity contribution is 9.09. The summed E-state index contributed by atoms with van der Waals surface area (Å²) < 4.78 is 0. The van der Waals surface area contributed by atoms with Crippen molar-refractivity contribution in [3.8, 4) is 5.75 Å². The number of para-hydroxylation sites is 1. The van der Waals surface area contributed by atoms with Gasteiger partial charge >= 0.3 is 0 Å². The van der Waals surface area contributed by atoms with Crippen molar-refractivity contribution in [2.24, 2.45) is 0 Å². The van der Waals surface area contributed by atoms with E-state index >= 15 is 0 Å². The molecule has 2 atom stereocenters. The van der Waals surface area contributed by atoms with Crippen LogP contribution in [0, 0.1) is 0 Å². The summed E-state index contributed by atoms with van der Waals surface area (Å²) in [7, 11) is 1.82. The molecule has 0 saturated heterocycles. The van der Waals surface area contributed by atoms with E-state index in [1.165, 1.54) is 6.42 Å². The highest BCUT2D eigenvalue weighted by Gasteiger charge is 2.30. The Kier molecular flexibility index (Phi) is 4.27. The number of halogens is 1. The van der Waals surface area contributed by atoms with Crippen LogP contribution in [-0.2, 0) is 0 Å². The number of phenols is 1. The van der Waals surface area contributed by atoms with Crippen molar-refractivity contribution in [2.45, 2.75) is 36.6 Å². The average Bonchev–Trinajstić information content (AvgIpc) is 2.38. The lowest BCUT2D eigenvalue weighted by Gasteiger charge is -2.35. The second kappa shape index (κ2) is 5.74. The largest absolute Gasteiger partial charge is 0.507 e. The van der Waals surface area contributed by atoms with Gasteiger partial charge in [0.25, 0.3) is 5.91 Å². The van der Waals surface area contributed by atoms with Gasteiger partial charge in [-0.1, -0.05) is 40.9 Å². The topological polar surface area (TPSA) is 40.5 Å². The molecule has 1 aliphatic rings. The van der Waals surface area contributed by atoms with E-state index in [0.29, 0.717) is 10.4 Å². The maximum Gasteiger partial charge on any atom is 0.257 e. The number of phenolic OH excluding ortho intramolecular Hbond substituents is 1. The van der Waals surface area contributed by atoms with E-state index in [1.807, 2.05) is 7.05 Å². The molecule has 98 valence electrons. The third kappa shape index (κ3) is 2.69. The molecule has 18 heavy (non-hydrogen) atoms. The maximum absolute atomic E-state index is 12.4. The molecule has 1 saturated carbocycles. The van der Waals surface area contributed by atoms with Crippen LogP contribution in [0.5, 0.6) is 5.75 Å². The van der Waals surface area contributed by atoms with Crippen LogP contribution in [0.25, 0.3) is 0 Å². The Bertz CT molecular complexity index is 436. The molecule has 3 nitrogen and oxygen atoms in total. The predicted octanol–water partition coefficient (Wildman–Crippen LogP) is 3.17. The fourth-order valence-corrected chi connectivity index (χ4v) is 3.44. The first-order chi connectivity index (χ1) is 8.61. The smallest absolute Gasteiger partial charge is 0.257 e. The fourth-order valence-electron chi connectivity index (χ4n) is 2.50. The van der Waals surface area contributed by atoms with Crippen LogP contribution in [0.3, 0.4) is 0 Å². The second-order valence-corrected chi connectivity index (χ2v) is 5.98. The zero-order chi connectivity index (χ0) is 13.1. The van der Waals surface area contributed by atoms with Crippen LogP contribution in [0.4, 0.5) is 0 Å². The predicted molar refractivity (Wildman–Crippen MR) is 75.2 cm³/mol. The van der Waals surface area contributed by atoms with E-state index in [9.17, 15) is 9.90 Å². The summed E-state index contributed by atoms with van der Waals surface area (Å²) in [5.74, 6) is -0.0549. The summed E-state index contributed by atoms with van der Waals surface area (Å²) in [5, 5.41) is 9.73. The molecule has 1 fully saturated rings. The Morgan fingerprint density at radius 1 is 1.33 bits per heavy atom. The van der Waals surface area contributed by atoms with E-state index in [4.69, 9.17) is 0 Å². The zero-order valence-electron chi connectivity index (χ0n) is 10.5. The van der Waals surface area contributed by atoms with Crippen LogP contribution in [0.1, 0.15) is 36.0 Å². The maximum atomic E-state index is 12.4. The number of rotatable bonds is 2. The van der Waals surface area contributed by atoms with Crippen LogP contribution in [0.2, 0.25) is 0 Å². The van der Waals surface area contributed by atoms with E-state index < -0.39 is 0 Å². The molecule has 1 N–H and O–H groups in total. The Labute approximate surface area is 116 Å². The summed E-state index contributed by atoms with van der Waals surface area (Å²) in [4.78, 5) is 14.5. The molecule has 0 radical (unpaired) electrons. The summed E-state index contributed by atoms with van der Waals surface area (Å²) in [6, 6.07) is 6.92. The monoisotopic (exact) mass is 311 g/mol. The van der Waals surface area contributed by atoms with E-state index in [0.717, 1.165) is 19.3 Å². The Morgan fingerprint density at radius 2 is 2.00 bits per heavy atom. The van der Waals surface area contributed by atoms with Crippen molar-refractivity contribution in [2.75, 3.05) is 7.05 Å². The minimum atomic E-state index is -0.107. The number of hydrogen-bond acceptors (Lipinski definition) is 2. The van der Waals surface area contributed by atoms with Crippen molar-refractivity contribution in [1.29, 1.82) is 0 Å². The van der Waals surface area contributed by atoms with Gasteiger partial charge in [0.15, 0.2) is 0 Å². The molecular weight excluding hydrogens is 294 g/mol. The summed E-state index contributed by atoms with van der Waals surface area (Å²) in [6.07, 6.45) is 4.49. The molecule has 2 rings (SSSR count). The lowest BCUT2D eigenvalue weighted by molar-refractivity contribution is 0.0702.